The van der Waals surface area contributed by atoms with Crippen molar-refractivity contribution in [2.45, 2.75) is 70.5 Å². The molecule has 1 aromatic heterocycles. The molecule has 0 spiro atoms. The Bertz CT molecular complexity index is 1690. The SMILES string of the molecule is COc1ccc(-n2c(C#C[Si](C(C)C)(C(C)C)C(C)C)nc3cc(-c4cc(C(F)(F)F)cc(C(F)(F)F)c4)ccc32)cc1Cl. The number of ether oxygens (including phenoxy) is 1. The molecule has 0 fully saturated rings. The average molecular weight is 651 g/mol. The fourth-order valence-electron chi connectivity index (χ4n) is 6.12. The molecule has 0 bridgehead atoms. The highest BCUT2D eigenvalue weighted by molar-refractivity contribution is 6.90. The molecular weight excluding hydrogens is 618 g/mol. The zero-order chi connectivity index (χ0) is 32.8. The van der Waals surface area contributed by atoms with Crippen LogP contribution in [0.2, 0.25) is 21.6 Å². The predicted molar refractivity (Wildman–Crippen MR) is 166 cm³/mol. The zero-order valence-corrected chi connectivity index (χ0v) is 27.1. The number of hydrogen-bond donors (Lipinski definition) is 0. The van der Waals surface area contributed by atoms with E-state index < -0.39 is 31.6 Å². The van der Waals surface area contributed by atoms with Gasteiger partial charge in [-0.25, -0.2) is 4.98 Å². The molecule has 4 aromatic rings. The Morgan fingerprint density at radius 1 is 0.773 bits per heavy atom. The lowest BCUT2D eigenvalue weighted by molar-refractivity contribution is -0.143. The van der Waals surface area contributed by atoms with Crippen LogP contribution in [0.1, 0.15) is 58.5 Å². The van der Waals surface area contributed by atoms with Gasteiger partial charge in [-0.3, -0.25) is 4.57 Å². The van der Waals surface area contributed by atoms with E-state index in [2.05, 4.69) is 53.0 Å². The van der Waals surface area contributed by atoms with Crippen molar-refractivity contribution >= 4 is 30.7 Å². The van der Waals surface area contributed by atoms with Gasteiger partial charge >= 0.3 is 12.4 Å². The number of fused-ring (bicyclic) bond motifs is 1. The topological polar surface area (TPSA) is 27.1 Å². The van der Waals surface area contributed by atoms with Gasteiger partial charge in [0, 0.05) is 0 Å². The summed E-state index contributed by atoms with van der Waals surface area (Å²) in [6, 6.07) is 11.3. The molecule has 0 N–H and O–H groups in total. The zero-order valence-electron chi connectivity index (χ0n) is 25.4. The largest absolute Gasteiger partial charge is 0.495 e. The molecule has 234 valence electrons. The molecule has 0 saturated carbocycles. The molecule has 0 radical (unpaired) electrons. The average Bonchev–Trinajstić information content (AvgIpc) is 3.29. The molecule has 44 heavy (non-hydrogen) atoms. The maximum Gasteiger partial charge on any atom is 0.416 e. The summed E-state index contributed by atoms with van der Waals surface area (Å²) in [5.41, 5.74) is 3.39. The van der Waals surface area contributed by atoms with E-state index in [0.717, 1.165) is 0 Å². The molecule has 0 amide bonds. The number of imidazole rings is 1. The lowest BCUT2D eigenvalue weighted by atomic mass is 9.98. The number of methoxy groups -OCH3 is 1. The van der Waals surface area contributed by atoms with E-state index in [4.69, 9.17) is 21.3 Å². The van der Waals surface area contributed by atoms with Gasteiger partial charge in [0.25, 0.3) is 0 Å². The molecule has 1 heterocycles. The van der Waals surface area contributed by atoms with Crippen LogP contribution in [0.4, 0.5) is 26.3 Å². The summed E-state index contributed by atoms with van der Waals surface area (Å²) in [5.74, 6) is 4.19. The van der Waals surface area contributed by atoms with Gasteiger partial charge < -0.3 is 4.74 Å². The second-order valence-electron chi connectivity index (χ2n) is 11.7. The Morgan fingerprint density at radius 2 is 1.34 bits per heavy atom. The summed E-state index contributed by atoms with van der Waals surface area (Å²) < 4.78 is 88.5. The van der Waals surface area contributed by atoms with E-state index in [1.165, 1.54) is 19.2 Å². The van der Waals surface area contributed by atoms with E-state index in [-0.39, 0.29) is 17.2 Å². The molecule has 0 aliphatic heterocycles. The third-order valence-electron chi connectivity index (χ3n) is 8.23. The number of alkyl halides is 6. The van der Waals surface area contributed by atoms with Crippen molar-refractivity contribution in [3.8, 4) is 34.0 Å². The van der Waals surface area contributed by atoms with Gasteiger partial charge in [-0.15, -0.1) is 5.54 Å². The van der Waals surface area contributed by atoms with E-state index in [1.807, 2.05) is 0 Å². The summed E-state index contributed by atoms with van der Waals surface area (Å²) in [5, 5.41) is 0.348. The van der Waals surface area contributed by atoms with Gasteiger partial charge in [-0.2, -0.15) is 26.3 Å². The molecule has 3 nitrogen and oxygen atoms in total. The van der Waals surface area contributed by atoms with Crippen molar-refractivity contribution in [1.82, 2.24) is 9.55 Å². The van der Waals surface area contributed by atoms with Crippen LogP contribution in [0.25, 0.3) is 27.8 Å². The van der Waals surface area contributed by atoms with Crippen molar-refractivity contribution in [2.75, 3.05) is 7.11 Å². The number of halogens is 7. The second-order valence-corrected chi connectivity index (χ2v) is 17.7. The van der Waals surface area contributed by atoms with Crippen LogP contribution in [0.5, 0.6) is 5.75 Å². The molecular formula is C33H33ClF6N2OSi. The highest BCUT2D eigenvalue weighted by atomic mass is 35.5. The lowest BCUT2D eigenvalue weighted by Gasteiger charge is -2.38. The van der Waals surface area contributed by atoms with Crippen LogP contribution in [-0.2, 0) is 12.4 Å². The maximum absolute atomic E-state index is 13.6. The molecule has 3 aromatic carbocycles. The summed E-state index contributed by atoms with van der Waals surface area (Å²) in [6.45, 7) is 13.1. The van der Waals surface area contributed by atoms with Crippen LogP contribution in [0, 0.1) is 11.5 Å². The van der Waals surface area contributed by atoms with Gasteiger partial charge in [0.15, 0.2) is 5.82 Å². The number of benzene rings is 3. The van der Waals surface area contributed by atoms with Crippen molar-refractivity contribution in [3.63, 3.8) is 0 Å². The van der Waals surface area contributed by atoms with Crippen molar-refractivity contribution < 1.29 is 31.1 Å². The summed E-state index contributed by atoms with van der Waals surface area (Å²) >= 11 is 6.46. The van der Waals surface area contributed by atoms with Gasteiger partial charge in [0.2, 0.25) is 0 Å². The van der Waals surface area contributed by atoms with Crippen LogP contribution in [0.3, 0.4) is 0 Å². The van der Waals surface area contributed by atoms with Gasteiger partial charge in [0.05, 0.1) is 40.0 Å². The highest BCUT2D eigenvalue weighted by Gasteiger charge is 2.42. The standard InChI is InChI=1S/C33H33ClF6N2OSi/c1-19(2)44(20(3)4,21(5)6)13-12-31-41-28-16-22(23-14-24(32(35,36)37)17-25(15-23)33(38,39)40)8-10-29(28)42(31)26-9-11-30(43-7)27(34)18-26/h8-11,14-21H,1-7H3. The highest BCUT2D eigenvalue weighted by Crippen LogP contribution is 2.42. The number of rotatable bonds is 6. The Labute approximate surface area is 259 Å². The number of nitrogens with zero attached hydrogens (tertiary/aromatic N) is 2. The smallest absolute Gasteiger partial charge is 0.416 e. The Hall–Kier alpha value is -3.42. The first-order valence-corrected chi connectivity index (χ1v) is 16.7. The van der Waals surface area contributed by atoms with E-state index in [1.54, 1.807) is 28.8 Å². The summed E-state index contributed by atoms with van der Waals surface area (Å²) in [7, 11) is -0.697. The molecule has 11 heteroatoms. The molecule has 4 rings (SSSR count). The fraction of sp³-hybridized carbons (Fsp3) is 0.364. The summed E-state index contributed by atoms with van der Waals surface area (Å²) in [6.07, 6.45) is -9.92. The Kier molecular flexibility index (Phi) is 9.25. The third kappa shape index (κ3) is 6.36. The quantitative estimate of drug-likeness (QED) is 0.118. The maximum atomic E-state index is 13.6. The fourth-order valence-corrected chi connectivity index (χ4v) is 11.6. The number of hydrogen-bond acceptors (Lipinski definition) is 2. The summed E-state index contributed by atoms with van der Waals surface area (Å²) in [4.78, 5) is 4.76. The minimum Gasteiger partial charge on any atom is -0.495 e. The molecule has 0 unspecified atom stereocenters. The minimum absolute atomic E-state index is 0.117. The van der Waals surface area contributed by atoms with Crippen molar-refractivity contribution in [2.24, 2.45) is 0 Å². The first-order chi connectivity index (χ1) is 20.4. The third-order valence-corrected chi connectivity index (χ3v) is 14.8. The van der Waals surface area contributed by atoms with Crippen molar-refractivity contribution in [1.29, 1.82) is 0 Å². The van der Waals surface area contributed by atoms with Crippen LogP contribution in [-0.4, -0.2) is 24.7 Å². The second kappa shape index (κ2) is 12.2. The van der Waals surface area contributed by atoms with Gasteiger partial charge in [-0.1, -0.05) is 59.2 Å². The molecule has 0 aliphatic rings. The van der Waals surface area contributed by atoms with E-state index in [0.29, 0.717) is 62.1 Å². The molecule has 0 aliphatic carbocycles. The van der Waals surface area contributed by atoms with E-state index in [9.17, 15) is 26.3 Å². The van der Waals surface area contributed by atoms with Gasteiger partial charge in [-0.05, 0) is 82.2 Å². The lowest BCUT2D eigenvalue weighted by Crippen LogP contribution is -2.43. The Morgan fingerprint density at radius 3 is 1.82 bits per heavy atom. The predicted octanol–water partition coefficient (Wildman–Crippen LogP) is 11.0. The molecule has 0 atom stereocenters. The van der Waals surface area contributed by atoms with Crippen LogP contribution < -0.4 is 4.74 Å². The normalized spacial score (nSPS) is 12.8. The Balaban J connectivity index is 2.00. The minimum atomic E-state index is -4.96. The molecule has 0 saturated heterocycles. The number of aromatic nitrogens is 2. The van der Waals surface area contributed by atoms with E-state index >= 15 is 0 Å². The first kappa shape index (κ1) is 33.5. The van der Waals surface area contributed by atoms with Gasteiger partial charge in [0.1, 0.15) is 13.8 Å². The van der Waals surface area contributed by atoms with Crippen LogP contribution in [0.15, 0.2) is 54.6 Å². The van der Waals surface area contributed by atoms with Crippen molar-refractivity contribution in [3.05, 3.63) is 76.6 Å². The monoisotopic (exact) mass is 650 g/mol. The van der Waals surface area contributed by atoms with Crippen LogP contribution >= 0.6 is 11.6 Å². The first-order valence-electron chi connectivity index (χ1n) is 14.1.